The van der Waals surface area contributed by atoms with Gasteiger partial charge in [0.05, 0.1) is 17.6 Å². The third-order valence-electron chi connectivity index (χ3n) is 6.31. The van der Waals surface area contributed by atoms with E-state index in [0.717, 1.165) is 37.0 Å². The first kappa shape index (κ1) is 20.3. The molecule has 0 bridgehead atoms. The lowest BCUT2D eigenvalue weighted by Gasteiger charge is -2.41. The first-order valence-corrected chi connectivity index (χ1v) is 11.8. The molecule has 0 unspecified atom stereocenters. The molecule has 2 N–H and O–H groups in total. The van der Waals surface area contributed by atoms with E-state index in [-0.39, 0.29) is 5.91 Å². The first-order valence-electron chi connectivity index (χ1n) is 10.8. The molecule has 2 heterocycles. The molecule has 0 atom stereocenters. The van der Waals surface area contributed by atoms with Crippen molar-refractivity contribution in [1.29, 1.82) is 0 Å². The summed E-state index contributed by atoms with van der Waals surface area (Å²) in [7, 11) is 0. The Bertz CT molecular complexity index is 803. The van der Waals surface area contributed by atoms with Gasteiger partial charge in [0.25, 0.3) is 0 Å². The van der Waals surface area contributed by atoms with E-state index in [1.54, 1.807) is 6.26 Å². The molecular formula is C21H31N5O2S. The Kier molecular flexibility index (Phi) is 6.47. The zero-order chi connectivity index (χ0) is 20.2. The van der Waals surface area contributed by atoms with Gasteiger partial charge >= 0.3 is 0 Å². The third-order valence-corrected chi connectivity index (χ3v) is 7.24. The van der Waals surface area contributed by atoms with Crippen LogP contribution in [0.15, 0.2) is 21.9 Å². The van der Waals surface area contributed by atoms with Crippen molar-refractivity contribution in [3.05, 3.63) is 18.1 Å². The maximum absolute atomic E-state index is 13.3. The van der Waals surface area contributed by atoms with Crippen LogP contribution in [0.2, 0.25) is 0 Å². The SMILES string of the molecule is Cc1occc1-c1nnc(SCC(=O)N(C2CCCCC2)C2CCCCC2)n1N. The molecule has 4 rings (SSSR count). The number of aromatic nitrogens is 3. The fourth-order valence-corrected chi connectivity index (χ4v) is 5.53. The molecule has 0 radical (unpaired) electrons. The van der Waals surface area contributed by atoms with Gasteiger partial charge in [0.2, 0.25) is 11.1 Å². The Morgan fingerprint density at radius 3 is 2.31 bits per heavy atom. The van der Waals surface area contributed by atoms with Gasteiger partial charge in [-0.25, -0.2) is 4.68 Å². The van der Waals surface area contributed by atoms with Crippen LogP contribution in [0.3, 0.4) is 0 Å². The Hall–Kier alpha value is -1.96. The van der Waals surface area contributed by atoms with Crippen molar-refractivity contribution in [3.8, 4) is 11.4 Å². The molecule has 8 heteroatoms. The minimum atomic E-state index is 0.220. The second-order valence-electron chi connectivity index (χ2n) is 8.24. The molecular weight excluding hydrogens is 386 g/mol. The molecule has 0 aliphatic heterocycles. The van der Waals surface area contributed by atoms with Crippen molar-refractivity contribution in [2.45, 2.75) is 88.4 Å². The summed E-state index contributed by atoms with van der Waals surface area (Å²) in [5.41, 5.74) is 0.823. The minimum Gasteiger partial charge on any atom is -0.469 e. The highest BCUT2D eigenvalue weighted by Crippen LogP contribution is 2.31. The van der Waals surface area contributed by atoms with Crippen LogP contribution in [0, 0.1) is 6.92 Å². The highest BCUT2D eigenvalue weighted by Gasteiger charge is 2.32. The highest BCUT2D eigenvalue weighted by atomic mass is 32.2. The van der Waals surface area contributed by atoms with Gasteiger partial charge in [0.15, 0.2) is 5.82 Å². The van der Waals surface area contributed by atoms with Crippen molar-refractivity contribution < 1.29 is 9.21 Å². The average Bonchev–Trinajstić information content (AvgIpc) is 3.33. The maximum atomic E-state index is 13.3. The van der Waals surface area contributed by atoms with E-state index in [9.17, 15) is 4.79 Å². The lowest BCUT2D eigenvalue weighted by Crippen LogP contribution is -2.49. The lowest BCUT2D eigenvalue weighted by molar-refractivity contribution is -0.135. The van der Waals surface area contributed by atoms with Crippen LogP contribution in [0.4, 0.5) is 0 Å². The van der Waals surface area contributed by atoms with E-state index in [1.807, 2.05) is 13.0 Å². The summed E-state index contributed by atoms with van der Waals surface area (Å²) in [5.74, 6) is 8.10. The monoisotopic (exact) mass is 417 g/mol. The number of thioether (sulfide) groups is 1. The maximum Gasteiger partial charge on any atom is 0.233 e. The third kappa shape index (κ3) is 4.47. The van der Waals surface area contributed by atoms with Crippen LogP contribution in [0.5, 0.6) is 0 Å². The number of hydrogen-bond acceptors (Lipinski definition) is 6. The molecule has 7 nitrogen and oxygen atoms in total. The fourth-order valence-electron chi connectivity index (χ4n) is 4.80. The number of carbonyl (C=O) groups is 1. The zero-order valence-corrected chi connectivity index (χ0v) is 18.0. The molecule has 2 aliphatic rings. The van der Waals surface area contributed by atoms with Crippen LogP contribution >= 0.6 is 11.8 Å². The fraction of sp³-hybridized carbons (Fsp3) is 0.667. The largest absolute Gasteiger partial charge is 0.469 e. The average molecular weight is 418 g/mol. The number of amides is 1. The van der Waals surface area contributed by atoms with Crippen molar-refractivity contribution in [2.24, 2.45) is 0 Å². The molecule has 2 saturated carbocycles. The van der Waals surface area contributed by atoms with Gasteiger partial charge in [-0.2, -0.15) is 0 Å². The van der Waals surface area contributed by atoms with Crippen molar-refractivity contribution in [2.75, 3.05) is 11.6 Å². The number of carbonyl (C=O) groups excluding carboxylic acids is 1. The number of nitrogen functional groups attached to an aromatic ring is 1. The number of nitrogens with zero attached hydrogens (tertiary/aromatic N) is 4. The number of nitrogens with two attached hydrogens (primary N) is 1. The van der Waals surface area contributed by atoms with Gasteiger partial charge < -0.3 is 15.2 Å². The summed E-state index contributed by atoms with van der Waals surface area (Å²) in [6.07, 6.45) is 13.7. The van der Waals surface area contributed by atoms with Gasteiger partial charge in [0.1, 0.15) is 5.76 Å². The molecule has 2 aromatic rings. The van der Waals surface area contributed by atoms with E-state index in [1.165, 1.54) is 55.0 Å². The number of furan rings is 1. The second-order valence-corrected chi connectivity index (χ2v) is 9.18. The molecule has 2 fully saturated rings. The minimum absolute atomic E-state index is 0.220. The van der Waals surface area contributed by atoms with E-state index in [0.29, 0.717) is 28.8 Å². The number of rotatable bonds is 6. The summed E-state index contributed by atoms with van der Waals surface area (Å²) >= 11 is 1.38. The van der Waals surface area contributed by atoms with Crippen LogP contribution in [0.25, 0.3) is 11.4 Å². The van der Waals surface area contributed by atoms with E-state index < -0.39 is 0 Å². The van der Waals surface area contributed by atoms with Gasteiger partial charge in [-0.15, -0.1) is 10.2 Å². The summed E-state index contributed by atoms with van der Waals surface area (Å²) in [6, 6.07) is 2.63. The second kappa shape index (κ2) is 9.24. The quantitative estimate of drug-likeness (QED) is 0.561. The number of aryl methyl sites for hydroxylation is 1. The van der Waals surface area contributed by atoms with Crippen LogP contribution in [0.1, 0.15) is 70.0 Å². The smallest absolute Gasteiger partial charge is 0.233 e. The standard InChI is InChI=1S/C21H31N5O2S/c1-15-18(12-13-28-15)20-23-24-21(26(20)22)29-14-19(27)25(16-8-4-2-5-9-16)17-10-6-3-7-11-17/h12-13,16-17H,2-11,14,22H2,1H3. The van der Waals surface area contributed by atoms with Crippen LogP contribution < -0.4 is 5.84 Å². The summed E-state index contributed by atoms with van der Waals surface area (Å²) in [5, 5.41) is 8.97. The first-order chi connectivity index (χ1) is 14.1. The van der Waals surface area contributed by atoms with Gasteiger partial charge in [-0.05, 0) is 38.7 Å². The topological polar surface area (TPSA) is 90.2 Å². The zero-order valence-electron chi connectivity index (χ0n) is 17.2. The predicted molar refractivity (Wildman–Crippen MR) is 114 cm³/mol. The van der Waals surface area contributed by atoms with E-state index in [2.05, 4.69) is 15.1 Å². The Balaban J connectivity index is 1.45. The molecule has 0 aromatic carbocycles. The van der Waals surface area contributed by atoms with Gasteiger partial charge in [-0.3, -0.25) is 4.79 Å². The summed E-state index contributed by atoms with van der Waals surface area (Å²) in [6.45, 7) is 1.87. The van der Waals surface area contributed by atoms with Crippen molar-refractivity contribution >= 4 is 17.7 Å². The summed E-state index contributed by atoms with van der Waals surface area (Å²) in [4.78, 5) is 15.5. The van der Waals surface area contributed by atoms with Gasteiger partial charge in [0, 0.05) is 12.1 Å². The molecule has 2 aliphatic carbocycles. The van der Waals surface area contributed by atoms with Crippen LogP contribution in [-0.4, -0.2) is 43.5 Å². The lowest BCUT2D eigenvalue weighted by atomic mass is 9.88. The molecule has 2 aromatic heterocycles. The molecule has 0 saturated heterocycles. The molecule has 158 valence electrons. The molecule has 1 amide bonds. The Morgan fingerprint density at radius 2 is 1.76 bits per heavy atom. The Morgan fingerprint density at radius 1 is 1.14 bits per heavy atom. The van der Waals surface area contributed by atoms with E-state index >= 15 is 0 Å². The molecule has 29 heavy (non-hydrogen) atoms. The Labute approximate surface area is 176 Å². The van der Waals surface area contributed by atoms with Crippen LogP contribution in [-0.2, 0) is 4.79 Å². The predicted octanol–water partition coefficient (Wildman–Crippen LogP) is 4.15. The highest BCUT2D eigenvalue weighted by molar-refractivity contribution is 7.99. The van der Waals surface area contributed by atoms with Gasteiger partial charge in [-0.1, -0.05) is 50.3 Å². The molecule has 0 spiro atoms. The van der Waals surface area contributed by atoms with E-state index in [4.69, 9.17) is 10.3 Å². The normalized spacial score (nSPS) is 18.8. The summed E-state index contributed by atoms with van der Waals surface area (Å²) < 4.78 is 6.80. The van der Waals surface area contributed by atoms with Crippen molar-refractivity contribution in [1.82, 2.24) is 19.8 Å². The number of hydrogen-bond donors (Lipinski definition) is 1. The van der Waals surface area contributed by atoms with Crippen molar-refractivity contribution in [3.63, 3.8) is 0 Å².